The SMILES string of the molecule is CC/C=C\C/C=C\C/C=C\CCCCCCCC(=O)OCC(COC(=O)CCCCCCCCCCCCCCCCCCCCCCCCCCCC)OC(=O)CCCCCCCCC/C=C\C/C=C\CCCCCC. The quantitative estimate of drug-likeness (QED) is 0.0261. The van der Waals surface area contributed by atoms with E-state index in [1.807, 2.05) is 0 Å². The van der Waals surface area contributed by atoms with Gasteiger partial charge in [-0.05, 0) is 83.5 Å². The van der Waals surface area contributed by atoms with Crippen molar-refractivity contribution in [2.45, 2.75) is 361 Å². The Morgan fingerprint density at radius 2 is 0.506 bits per heavy atom. The van der Waals surface area contributed by atoms with E-state index in [4.69, 9.17) is 14.2 Å². The highest BCUT2D eigenvalue weighted by atomic mass is 16.6. The number of hydrogen-bond acceptors (Lipinski definition) is 6. The predicted octanol–water partition coefficient (Wildman–Crippen LogP) is 23.1. The summed E-state index contributed by atoms with van der Waals surface area (Å²) in [5.41, 5.74) is 0. The Morgan fingerprint density at radius 3 is 0.805 bits per heavy atom. The van der Waals surface area contributed by atoms with Gasteiger partial charge >= 0.3 is 17.9 Å². The van der Waals surface area contributed by atoms with Crippen LogP contribution < -0.4 is 0 Å². The van der Waals surface area contributed by atoms with Gasteiger partial charge in [0, 0.05) is 19.3 Å². The van der Waals surface area contributed by atoms with Crippen molar-refractivity contribution in [1.29, 1.82) is 0 Å². The van der Waals surface area contributed by atoms with Crippen LogP contribution in [0.25, 0.3) is 0 Å². The van der Waals surface area contributed by atoms with Crippen LogP contribution in [0.5, 0.6) is 0 Å². The van der Waals surface area contributed by atoms with Gasteiger partial charge in [0.1, 0.15) is 13.2 Å². The summed E-state index contributed by atoms with van der Waals surface area (Å²) in [6, 6.07) is 0. The summed E-state index contributed by atoms with van der Waals surface area (Å²) in [7, 11) is 0. The highest BCUT2D eigenvalue weighted by Gasteiger charge is 2.19. The maximum atomic E-state index is 12.9. The van der Waals surface area contributed by atoms with Crippen LogP contribution in [0.2, 0.25) is 0 Å². The maximum absolute atomic E-state index is 12.9. The summed E-state index contributed by atoms with van der Waals surface area (Å²) in [5.74, 6) is -0.885. The van der Waals surface area contributed by atoms with Crippen LogP contribution in [-0.4, -0.2) is 37.2 Å². The second-order valence-corrected chi connectivity index (χ2v) is 22.7. The summed E-state index contributed by atoms with van der Waals surface area (Å²) >= 11 is 0. The molecule has 0 rings (SSSR count). The van der Waals surface area contributed by atoms with Gasteiger partial charge in [0.25, 0.3) is 0 Å². The molecule has 0 fully saturated rings. The first-order valence-corrected chi connectivity index (χ1v) is 33.8. The average molecular weight is 1080 g/mol. The molecule has 1 atom stereocenters. The molecule has 6 nitrogen and oxygen atoms in total. The first kappa shape index (κ1) is 74.1. The van der Waals surface area contributed by atoms with E-state index in [1.54, 1.807) is 0 Å². The first-order chi connectivity index (χ1) is 38.0. The standard InChI is InChI=1S/C71H128O6/c1-4-7-10-13-16-19-22-25-28-30-32-33-34-35-36-37-38-39-41-43-46-49-52-55-58-61-64-70(73)76-67-68(66-75-69(72)63-60-57-54-51-48-45-42-27-24-21-18-15-12-9-6-3)77-71(74)65-62-59-56-53-50-47-44-40-31-29-26-23-20-17-14-11-8-5-2/h9,12,18,20-21,23,27,29,31,42,68H,4-8,10-11,13-17,19,22,24-26,28,30,32-41,43-67H2,1-3H3/b12-9-,21-18-,23-20-,31-29-,42-27-. The Balaban J connectivity index is 4.27. The molecule has 0 N–H and O–H groups in total. The lowest BCUT2D eigenvalue weighted by Crippen LogP contribution is -2.30. The lowest BCUT2D eigenvalue weighted by Gasteiger charge is -2.18. The molecular weight excluding hydrogens is 949 g/mol. The number of unbranched alkanes of at least 4 members (excludes halogenated alkanes) is 41. The van der Waals surface area contributed by atoms with Gasteiger partial charge in [-0.25, -0.2) is 0 Å². The molecule has 0 aromatic heterocycles. The summed E-state index contributed by atoms with van der Waals surface area (Å²) in [4.78, 5) is 38.4. The van der Waals surface area contributed by atoms with Crippen molar-refractivity contribution in [3.05, 3.63) is 60.8 Å². The lowest BCUT2D eigenvalue weighted by atomic mass is 10.0. The van der Waals surface area contributed by atoms with Gasteiger partial charge in [-0.2, -0.15) is 0 Å². The number of allylic oxidation sites excluding steroid dienone is 10. The molecule has 1 unspecified atom stereocenters. The van der Waals surface area contributed by atoms with Crippen LogP contribution in [0.4, 0.5) is 0 Å². The third-order valence-electron chi connectivity index (χ3n) is 15.0. The minimum absolute atomic E-state index is 0.0800. The van der Waals surface area contributed by atoms with Gasteiger partial charge in [-0.1, -0.05) is 313 Å². The summed E-state index contributed by atoms with van der Waals surface area (Å²) in [5, 5.41) is 0. The number of carbonyl (C=O) groups excluding carboxylic acids is 3. The van der Waals surface area contributed by atoms with Crippen LogP contribution in [0.3, 0.4) is 0 Å². The highest BCUT2D eigenvalue weighted by Crippen LogP contribution is 2.18. The Labute approximate surface area is 479 Å². The fourth-order valence-electron chi connectivity index (χ4n) is 9.96. The third-order valence-corrected chi connectivity index (χ3v) is 15.0. The molecule has 0 heterocycles. The molecule has 0 spiro atoms. The number of rotatable bonds is 62. The van der Waals surface area contributed by atoms with Crippen LogP contribution in [0.15, 0.2) is 60.8 Å². The Morgan fingerprint density at radius 1 is 0.273 bits per heavy atom. The van der Waals surface area contributed by atoms with Gasteiger partial charge in [0.2, 0.25) is 0 Å². The lowest BCUT2D eigenvalue weighted by molar-refractivity contribution is -0.167. The molecular formula is C71H128O6. The van der Waals surface area contributed by atoms with Gasteiger partial charge < -0.3 is 14.2 Å². The monoisotopic (exact) mass is 1080 g/mol. The largest absolute Gasteiger partial charge is 0.462 e. The third kappa shape index (κ3) is 63.8. The summed E-state index contributed by atoms with van der Waals surface area (Å²) < 4.78 is 16.9. The maximum Gasteiger partial charge on any atom is 0.306 e. The average Bonchev–Trinajstić information content (AvgIpc) is 3.43. The number of hydrogen-bond donors (Lipinski definition) is 0. The number of carbonyl (C=O) groups is 3. The van der Waals surface area contributed by atoms with Gasteiger partial charge in [0.15, 0.2) is 6.10 Å². The number of esters is 3. The van der Waals surface area contributed by atoms with E-state index >= 15 is 0 Å². The van der Waals surface area contributed by atoms with Gasteiger partial charge in [0.05, 0.1) is 0 Å². The fourth-order valence-corrected chi connectivity index (χ4v) is 9.96. The molecule has 0 aromatic carbocycles. The summed E-state index contributed by atoms with van der Waals surface area (Å²) in [6.45, 7) is 6.55. The Kier molecular flexibility index (Phi) is 63.2. The van der Waals surface area contributed by atoms with Crippen molar-refractivity contribution in [3.63, 3.8) is 0 Å². The van der Waals surface area contributed by atoms with E-state index in [0.29, 0.717) is 19.3 Å². The molecule has 0 saturated heterocycles. The smallest absolute Gasteiger partial charge is 0.306 e. The zero-order valence-corrected chi connectivity index (χ0v) is 51.5. The van der Waals surface area contributed by atoms with E-state index in [9.17, 15) is 14.4 Å². The second-order valence-electron chi connectivity index (χ2n) is 22.7. The summed E-state index contributed by atoms with van der Waals surface area (Å²) in [6.07, 6.45) is 83.9. The molecule has 0 aliphatic rings. The van der Waals surface area contributed by atoms with Crippen LogP contribution >= 0.6 is 0 Å². The van der Waals surface area contributed by atoms with E-state index < -0.39 is 6.10 Å². The normalized spacial score (nSPS) is 12.4. The van der Waals surface area contributed by atoms with Crippen LogP contribution in [0.1, 0.15) is 355 Å². The molecule has 0 aliphatic heterocycles. The minimum atomic E-state index is -0.786. The zero-order valence-electron chi connectivity index (χ0n) is 51.5. The van der Waals surface area contributed by atoms with E-state index in [2.05, 4.69) is 81.5 Å². The van der Waals surface area contributed by atoms with E-state index in [0.717, 1.165) is 109 Å². The molecule has 0 amide bonds. The van der Waals surface area contributed by atoms with Crippen molar-refractivity contribution in [2.75, 3.05) is 13.2 Å². The predicted molar refractivity (Wildman–Crippen MR) is 335 cm³/mol. The molecule has 0 saturated carbocycles. The molecule has 448 valence electrons. The van der Waals surface area contributed by atoms with E-state index in [-0.39, 0.29) is 31.1 Å². The molecule has 77 heavy (non-hydrogen) atoms. The Hall–Kier alpha value is -2.89. The first-order valence-electron chi connectivity index (χ1n) is 33.8. The van der Waals surface area contributed by atoms with Gasteiger partial charge in [-0.3, -0.25) is 14.4 Å². The molecule has 6 heteroatoms. The van der Waals surface area contributed by atoms with E-state index in [1.165, 1.54) is 205 Å². The number of ether oxygens (including phenoxy) is 3. The topological polar surface area (TPSA) is 78.9 Å². The minimum Gasteiger partial charge on any atom is -0.462 e. The van der Waals surface area contributed by atoms with Crippen molar-refractivity contribution in [1.82, 2.24) is 0 Å². The Bertz CT molecular complexity index is 1380. The van der Waals surface area contributed by atoms with Crippen LogP contribution in [-0.2, 0) is 28.6 Å². The molecule has 0 radical (unpaired) electrons. The second kappa shape index (κ2) is 65.6. The van der Waals surface area contributed by atoms with Crippen molar-refractivity contribution >= 4 is 17.9 Å². The van der Waals surface area contributed by atoms with Crippen LogP contribution in [0, 0.1) is 0 Å². The van der Waals surface area contributed by atoms with Crippen molar-refractivity contribution < 1.29 is 28.6 Å². The van der Waals surface area contributed by atoms with Crippen molar-refractivity contribution in [2.24, 2.45) is 0 Å². The zero-order chi connectivity index (χ0) is 55.7. The van der Waals surface area contributed by atoms with Crippen molar-refractivity contribution in [3.8, 4) is 0 Å². The molecule has 0 aromatic rings. The fraction of sp³-hybridized carbons (Fsp3) is 0.817. The molecule has 0 bridgehead atoms. The van der Waals surface area contributed by atoms with Gasteiger partial charge in [-0.15, -0.1) is 0 Å². The highest BCUT2D eigenvalue weighted by molar-refractivity contribution is 5.71. The molecule has 0 aliphatic carbocycles.